The fraction of sp³-hybridized carbons (Fsp3) is 0.143. The van der Waals surface area contributed by atoms with E-state index >= 15 is 0 Å². The number of nitrogens with zero attached hydrogens (tertiary/aromatic N) is 4. The molecule has 0 amide bonds. The maximum Gasteiger partial charge on any atom is 0.247 e. The normalized spacial score (nSPS) is 11.5. The molecule has 0 spiro atoms. The maximum atomic E-state index is 12.2. The van der Waals surface area contributed by atoms with Crippen LogP contribution in [0.3, 0.4) is 0 Å². The summed E-state index contributed by atoms with van der Waals surface area (Å²) in [5, 5.41) is 7.37. The Labute approximate surface area is 127 Å². The Hall–Kier alpha value is -2.61. The SMILES string of the molecule is Cc1cnc(S(=O)(=O)Cc2nnc(-c3ccccc3)o2)nc1. The summed E-state index contributed by atoms with van der Waals surface area (Å²) in [7, 11) is -3.72. The molecule has 3 rings (SSSR count). The van der Waals surface area contributed by atoms with Crippen molar-refractivity contribution in [2.75, 3.05) is 0 Å². The zero-order valence-electron chi connectivity index (χ0n) is 11.7. The van der Waals surface area contributed by atoms with Crippen molar-refractivity contribution in [1.82, 2.24) is 20.2 Å². The third-order valence-electron chi connectivity index (χ3n) is 2.84. The van der Waals surface area contributed by atoms with E-state index < -0.39 is 15.6 Å². The first-order chi connectivity index (χ1) is 10.5. The van der Waals surface area contributed by atoms with E-state index in [0.717, 1.165) is 11.1 Å². The number of benzene rings is 1. The Balaban J connectivity index is 1.84. The Morgan fingerprint density at radius 3 is 2.41 bits per heavy atom. The molecule has 0 aliphatic heterocycles. The monoisotopic (exact) mass is 316 g/mol. The van der Waals surface area contributed by atoms with Crippen LogP contribution in [-0.4, -0.2) is 28.6 Å². The van der Waals surface area contributed by atoms with E-state index in [4.69, 9.17) is 4.42 Å². The lowest BCUT2D eigenvalue weighted by Gasteiger charge is -1.99. The number of hydrogen-bond donors (Lipinski definition) is 0. The summed E-state index contributed by atoms with van der Waals surface area (Å²) in [6, 6.07) is 9.12. The molecule has 0 bridgehead atoms. The van der Waals surface area contributed by atoms with Crippen molar-refractivity contribution in [2.24, 2.45) is 0 Å². The standard InChI is InChI=1S/C14H12N4O3S/c1-10-7-15-14(16-8-10)22(19,20)9-12-17-18-13(21-12)11-5-3-2-4-6-11/h2-8H,9H2,1H3. The third kappa shape index (κ3) is 3.01. The van der Waals surface area contributed by atoms with Gasteiger partial charge in [0.05, 0.1) is 0 Å². The second-order valence-corrected chi connectivity index (χ2v) is 6.55. The Morgan fingerprint density at radius 2 is 1.73 bits per heavy atom. The van der Waals surface area contributed by atoms with Gasteiger partial charge in [-0.2, -0.15) is 0 Å². The van der Waals surface area contributed by atoms with Gasteiger partial charge in [0.1, 0.15) is 5.75 Å². The summed E-state index contributed by atoms with van der Waals surface area (Å²) in [6.45, 7) is 1.78. The highest BCUT2D eigenvalue weighted by Gasteiger charge is 2.22. The molecule has 0 unspecified atom stereocenters. The van der Waals surface area contributed by atoms with E-state index in [2.05, 4.69) is 20.2 Å². The third-order valence-corrected chi connectivity index (χ3v) is 4.23. The number of rotatable bonds is 4. The van der Waals surface area contributed by atoms with Crippen LogP contribution in [0.1, 0.15) is 11.5 Å². The quantitative estimate of drug-likeness (QED) is 0.677. The summed E-state index contributed by atoms with van der Waals surface area (Å²) in [6.07, 6.45) is 2.90. The first-order valence-corrected chi connectivity index (χ1v) is 8.09. The fourth-order valence-corrected chi connectivity index (χ4v) is 2.78. The van der Waals surface area contributed by atoms with Gasteiger partial charge in [-0.15, -0.1) is 10.2 Å². The van der Waals surface area contributed by atoms with Crippen molar-refractivity contribution in [3.05, 3.63) is 54.2 Å². The van der Waals surface area contributed by atoms with Crippen LogP contribution in [0.5, 0.6) is 0 Å². The van der Waals surface area contributed by atoms with Gasteiger partial charge >= 0.3 is 0 Å². The van der Waals surface area contributed by atoms with E-state index in [9.17, 15) is 8.42 Å². The first kappa shape index (κ1) is 14.3. The molecule has 0 saturated heterocycles. The van der Waals surface area contributed by atoms with Gasteiger partial charge in [-0.25, -0.2) is 18.4 Å². The molecule has 7 nitrogen and oxygen atoms in total. The van der Waals surface area contributed by atoms with E-state index in [1.165, 1.54) is 12.4 Å². The first-order valence-electron chi connectivity index (χ1n) is 6.44. The van der Waals surface area contributed by atoms with Crippen molar-refractivity contribution < 1.29 is 12.8 Å². The van der Waals surface area contributed by atoms with E-state index in [1.54, 1.807) is 19.1 Å². The van der Waals surface area contributed by atoms with Crippen LogP contribution >= 0.6 is 0 Å². The summed E-state index contributed by atoms with van der Waals surface area (Å²) in [5.74, 6) is -0.158. The molecule has 0 atom stereocenters. The largest absolute Gasteiger partial charge is 0.420 e. The maximum absolute atomic E-state index is 12.2. The Bertz CT molecular complexity index is 874. The van der Waals surface area contributed by atoms with Crippen LogP contribution in [0.4, 0.5) is 0 Å². The number of aromatic nitrogens is 4. The average molecular weight is 316 g/mol. The smallest absolute Gasteiger partial charge is 0.247 e. The van der Waals surface area contributed by atoms with Gasteiger partial charge in [0.25, 0.3) is 0 Å². The van der Waals surface area contributed by atoms with Crippen LogP contribution < -0.4 is 0 Å². The lowest BCUT2D eigenvalue weighted by molar-refractivity contribution is 0.516. The van der Waals surface area contributed by atoms with Gasteiger partial charge in [0.15, 0.2) is 0 Å². The predicted octanol–water partition coefficient (Wildman–Crippen LogP) is 1.81. The lowest BCUT2D eigenvalue weighted by Crippen LogP contribution is -2.09. The highest BCUT2D eigenvalue weighted by Crippen LogP contribution is 2.19. The summed E-state index contributed by atoms with van der Waals surface area (Å²) in [4.78, 5) is 7.64. The van der Waals surface area contributed by atoms with Crippen LogP contribution in [0.25, 0.3) is 11.5 Å². The van der Waals surface area contributed by atoms with Crippen LogP contribution in [-0.2, 0) is 15.6 Å². The van der Waals surface area contributed by atoms with Crippen LogP contribution in [0.2, 0.25) is 0 Å². The minimum atomic E-state index is -3.72. The van der Waals surface area contributed by atoms with Gasteiger partial charge in [-0.1, -0.05) is 18.2 Å². The second kappa shape index (κ2) is 5.64. The highest BCUT2D eigenvalue weighted by molar-refractivity contribution is 7.90. The average Bonchev–Trinajstić information content (AvgIpc) is 2.96. The van der Waals surface area contributed by atoms with Crippen molar-refractivity contribution in [2.45, 2.75) is 17.8 Å². The summed E-state index contributed by atoms with van der Waals surface area (Å²) in [5.41, 5.74) is 1.51. The molecular formula is C14H12N4O3S. The van der Waals surface area contributed by atoms with Crippen molar-refractivity contribution >= 4 is 9.84 Å². The molecule has 0 saturated carbocycles. The molecule has 0 aliphatic rings. The zero-order chi connectivity index (χ0) is 15.6. The zero-order valence-corrected chi connectivity index (χ0v) is 12.5. The Kier molecular flexibility index (Phi) is 3.68. The molecular weight excluding hydrogens is 304 g/mol. The van der Waals surface area contributed by atoms with Crippen molar-refractivity contribution in [3.63, 3.8) is 0 Å². The van der Waals surface area contributed by atoms with Gasteiger partial charge < -0.3 is 4.42 Å². The lowest BCUT2D eigenvalue weighted by atomic mass is 10.2. The molecule has 0 N–H and O–H groups in total. The number of aryl methyl sites for hydroxylation is 1. The Morgan fingerprint density at radius 1 is 1.05 bits per heavy atom. The molecule has 22 heavy (non-hydrogen) atoms. The van der Waals surface area contributed by atoms with Crippen molar-refractivity contribution in [1.29, 1.82) is 0 Å². The molecule has 0 aliphatic carbocycles. The molecule has 3 aromatic rings. The van der Waals surface area contributed by atoms with E-state index in [1.807, 2.05) is 18.2 Å². The number of hydrogen-bond acceptors (Lipinski definition) is 7. The van der Waals surface area contributed by atoms with Crippen LogP contribution in [0.15, 0.2) is 52.3 Å². The van der Waals surface area contributed by atoms with Gasteiger partial charge in [0.2, 0.25) is 26.8 Å². The fourth-order valence-electron chi connectivity index (χ4n) is 1.78. The minimum Gasteiger partial charge on any atom is -0.420 e. The topological polar surface area (TPSA) is 98.8 Å². The molecule has 2 aromatic heterocycles. The van der Waals surface area contributed by atoms with E-state index in [0.29, 0.717) is 0 Å². The molecule has 8 heteroatoms. The van der Waals surface area contributed by atoms with Gasteiger partial charge in [-0.05, 0) is 24.6 Å². The number of sulfone groups is 1. The molecule has 0 radical (unpaired) electrons. The highest BCUT2D eigenvalue weighted by atomic mass is 32.2. The summed E-state index contributed by atoms with van der Waals surface area (Å²) >= 11 is 0. The second-order valence-electron chi connectivity index (χ2n) is 4.67. The van der Waals surface area contributed by atoms with Gasteiger partial charge in [0, 0.05) is 18.0 Å². The molecule has 112 valence electrons. The summed E-state index contributed by atoms with van der Waals surface area (Å²) < 4.78 is 29.8. The predicted molar refractivity (Wildman–Crippen MR) is 77.4 cm³/mol. The van der Waals surface area contributed by atoms with Crippen LogP contribution in [0, 0.1) is 6.92 Å². The minimum absolute atomic E-state index is 0.00280. The van der Waals surface area contributed by atoms with Crippen molar-refractivity contribution in [3.8, 4) is 11.5 Å². The van der Waals surface area contributed by atoms with E-state index in [-0.39, 0.29) is 16.9 Å². The van der Waals surface area contributed by atoms with Gasteiger partial charge in [-0.3, -0.25) is 0 Å². The molecule has 1 aromatic carbocycles. The molecule has 0 fully saturated rings. The molecule has 2 heterocycles.